The van der Waals surface area contributed by atoms with Gasteiger partial charge in [-0.1, -0.05) is 19.8 Å². The second-order valence-electron chi connectivity index (χ2n) is 9.31. The van der Waals surface area contributed by atoms with Crippen molar-refractivity contribution in [2.24, 2.45) is 17.1 Å². The molecule has 10 nitrogen and oxygen atoms in total. The molecule has 2 heterocycles. The van der Waals surface area contributed by atoms with Gasteiger partial charge in [0.15, 0.2) is 17.5 Å². The quantitative estimate of drug-likeness (QED) is 0.160. The number of hydrogen-bond donors (Lipinski definition) is 6. The lowest BCUT2D eigenvalue weighted by Crippen LogP contribution is -2.66. The van der Waals surface area contributed by atoms with Gasteiger partial charge in [0, 0.05) is 24.9 Å². The number of guanidine groups is 1. The first-order valence-corrected chi connectivity index (χ1v) is 11.8. The molecule has 0 aromatic carbocycles. The zero-order valence-corrected chi connectivity index (χ0v) is 18.8. The van der Waals surface area contributed by atoms with E-state index in [4.69, 9.17) is 11.1 Å². The molecule has 0 aromatic heterocycles. The van der Waals surface area contributed by atoms with E-state index >= 15 is 0 Å². The summed E-state index contributed by atoms with van der Waals surface area (Å²) in [5.74, 6) is -1.36. The van der Waals surface area contributed by atoms with E-state index < -0.39 is 23.4 Å². The maximum absolute atomic E-state index is 13.9. The largest absolute Gasteiger partial charge is 0.370 e. The van der Waals surface area contributed by atoms with Crippen LogP contribution < -0.4 is 27.0 Å². The second kappa shape index (κ2) is 10.4. The van der Waals surface area contributed by atoms with Crippen molar-refractivity contribution >= 4 is 29.3 Å². The summed E-state index contributed by atoms with van der Waals surface area (Å²) in [7, 11) is 0. The fourth-order valence-electron chi connectivity index (χ4n) is 5.46. The van der Waals surface area contributed by atoms with Crippen molar-refractivity contribution in [3.8, 4) is 0 Å². The number of Topliss-reactive ketones (excluding diaryl/α,β-unsaturated/α-hetero) is 2. The molecular weight excluding hydrogens is 412 g/mol. The Morgan fingerprint density at radius 3 is 2.66 bits per heavy atom. The number of nitrogens with one attached hydrogen (secondary N) is 5. The van der Waals surface area contributed by atoms with Crippen LogP contribution in [0.5, 0.6) is 0 Å². The number of rotatable bonds is 9. The van der Waals surface area contributed by atoms with Gasteiger partial charge in [-0.2, -0.15) is 0 Å². The molecule has 2 bridgehead atoms. The number of unbranched alkanes of at least 4 members (excludes halogenated alkanes) is 1. The summed E-state index contributed by atoms with van der Waals surface area (Å²) in [6.07, 6.45) is 5.25. The number of piperidine rings is 1. The van der Waals surface area contributed by atoms with Crippen LogP contribution in [-0.2, 0) is 19.2 Å². The Morgan fingerprint density at radius 1 is 1.19 bits per heavy atom. The molecule has 2 amide bonds. The Bertz CT molecular complexity index is 772. The van der Waals surface area contributed by atoms with Crippen LogP contribution in [0.2, 0.25) is 0 Å². The highest BCUT2D eigenvalue weighted by atomic mass is 16.2. The average molecular weight is 449 g/mol. The predicted octanol–water partition coefficient (Wildman–Crippen LogP) is -0.290. The molecule has 3 fully saturated rings. The summed E-state index contributed by atoms with van der Waals surface area (Å²) in [5, 5.41) is 19.0. The topological polar surface area (TPSA) is 166 Å². The number of carbonyl (C=O) groups is 4. The van der Waals surface area contributed by atoms with Crippen molar-refractivity contribution in [3.63, 3.8) is 0 Å². The van der Waals surface area contributed by atoms with Gasteiger partial charge in [0.25, 0.3) is 0 Å². The summed E-state index contributed by atoms with van der Waals surface area (Å²) in [4.78, 5) is 52.1. The minimum Gasteiger partial charge on any atom is -0.370 e. The maximum Gasteiger partial charge on any atom is 0.237 e. The molecule has 1 saturated carbocycles. The Kier molecular flexibility index (Phi) is 7.86. The van der Waals surface area contributed by atoms with E-state index in [0.717, 1.165) is 19.3 Å². The molecule has 5 atom stereocenters. The summed E-state index contributed by atoms with van der Waals surface area (Å²) in [6.45, 7) is 2.82. The molecule has 32 heavy (non-hydrogen) atoms. The van der Waals surface area contributed by atoms with Crippen LogP contribution >= 0.6 is 0 Å². The Morgan fingerprint density at radius 2 is 1.97 bits per heavy atom. The van der Waals surface area contributed by atoms with Gasteiger partial charge in [-0.3, -0.25) is 24.6 Å². The third-order valence-electron chi connectivity index (χ3n) is 7.14. The molecule has 10 heteroatoms. The molecule has 0 radical (unpaired) electrons. The van der Waals surface area contributed by atoms with Crippen LogP contribution in [0.4, 0.5) is 0 Å². The van der Waals surface area contributed by atoms with Gasteiger partial charge in [-0.15, -0.1) is 0 Å². The highest BCUT2D eigenvalue weighted by molar-refractivity contribution is 6.02. The van der Waals surface area contributed by atoms with Gasteiger partial charge in [0.1, 0.15) is 6.04 Å². The molecule has 2 saturated heterocycles. The van der Waals surface area contributed by atoms with Crippen molar-refractivity contribution < 1.29 is 19.2 Å². The number of piperazine rings is 1. The van der Waals surface area contributed by atoms with E-state index in [1.165, 1.54) is 0 Å². The number of amides is 2. The summed E-state index contributed by atoms with van der Waals surface area (Å²) >= 11 is 0. The van der Waals surface area contributed by atoms with Crippen LogP contribution in [-0.4, -0.2) is 60.6 Å². The Hall–Kier alpha value is -2.49. The maximum atomic E-state index is 13.9. The second-order valence-corrected chi connectivity index (χ2v) is 9.31. The van der Waals surface area contributed by atoms with Crippen molar-refractivity contribution in [1.29, 1.82) is 5.41 Å². The van der Waals surface area contributed by atoms with E-state index in [1.54, 1.807) is 0 Å². The standard InChI is InChI=1S/C22H36N6O4/c1-2-3-7-14-20(32)28-16(12-26-14)18(30)22-9-4-8-17(29)15(11-22)27-19(31)13(22)6-5-10-25-21(23)24/h13-16,26H,2-12H2,1H3,(H,27,31)(H,28,32)(H4,23,24,25)/t13-,14-,15+,16+,22?/m0/s1. The molecule has 0 spiro atoms. The first-order chi connectivity index (χ1) is 15.3. The van der Waals surface area contributed by atoms with E-state index in [9.17, 15) is 19.2 Å². The molecular formula is C22H36N6O4. The van der Waals surface area contributed by atoms with E-state index in [0.29, 0.717) is 45.2 Å². The number of hydrogen-bond acceptors (Lipinski definition) is 6. The molecule has 3 rings (SSSR count). The Balaban J connectivity index is 1.79. The van der Waals surface area contributed by atoms with Crippen molar-refractivity contribution in [1.82, 2.24) is 21.3 Å². The van der Waals surface area contributed by atoms with E-state index in [1.807, 2.05) is 0 Å². The molecule has 2 aliphatic heterocycles. The molecule has 178 valence electrons. The molecule has 3 aliphatic rings. The van der Waals surface area contributed by atoms with Crippen LogP contribution in [0.25, 0.3) is 0 Å². The number of nitrogens with two attached hydrogens (primary N) is 1. The van der Waals surface area contributed by atoms with Gasteiger partial charge in [-0.05, 0) is 38.5 Å². The highest BCUT2D eigenvalue weighted by Gasteiger charge is 2.56. The fraction of sp³-hybridized carbons (Fsp3) is 0.773. The Labute approximate surface area is 188 Å². The van der Waals surface area contributed by atoms with E-state index in [-0.39, 0.29) is 41.8 Å². The number of ketones is 2. The van der Waals surface area contributed by atoms with Gasteiger partial charge in [0.05, 0.1) is 18.0 Å². The van der Waals surface area contributed by atoms with Crippen molar-refractivity contribution in [3.05, 3.63) is 0 Å². The minimum absolute atomic E-state index is 0.0323. The monoisotopic (exact) mass is 448 g/mol. The SMILES string of the molecule is CCCC[C@@H]1NC[C@H](C(=O)C23CCCC(=O)[C@@H](C2)NC(=O)[C@@H]3CCCNC(=N)N)NC1=O. The lowest BCUT2D eigenvalue weighted by atomic mass is 9.61. The predicted molar refractivity (Wildman–Crippen MR) is 119 cm³/mol. The zero-order valence-electron chi connectivity index (χ0n) is 18.8. The van der Waals surface area contributed by atoms with Gasteiger partial charge in [0.2, 0.25) is 11.8 Å². The lowest BCUT2D eigenvalue weighted by Gasteiger charge is -2.46. The smallest absolute Gasteiger partial charge is 0.237 e. The first kappa shape index (κ1) is 24.2. The fourth-order valence-corrected chi connectivity index (χ4v) is 5.46. The highest BCUT2D eigenvalue weighted by Crippen LogP contribution is 2.47. The third kappa shape index (κ3) is 5.11. The van der Waals surface area contributed by atoms with Crippen LogP contribution in [0.1, 0.15) is 64.7 Å². The normalized spacial score (nSPS) is 32.5. The average Bonchev–Trinajstić information content (AvgIpc) is 2.89. The molecule has 0 aromatic rings. The third-order valence-corrected chi connectivity index (χ3v) is 7.14. The number of fused-ring (bicyclic) bond motifs is 2. The summed E-state index contributed by atoms with van der Waals surface area (Å²) in [5.41, 5.74) is 4.36. The zero-order chi connectivity index (χ0) is 23.3. The van der Waals surface area contributed by atoms with Crippen LogP contribution in [0.15, 0.2) is 0 Å². The van der Waals surface area contributed by atoms with E-state index in [2.05, 4.69) is 28.2 Å². The van der Waals surface area contributed by atoms with Gasteiger partial charge in [-0.25, -0.2) is 0 Å². The van der Waals surface area contributed by atoms with Crippen LogP contribution in [0, 0.1) is 16.7 Å². The molecule has 1 unspecified atom stereocenters. The minimum atomic E-state index is -0.981. The van der Waals surface area contributed by atoms with Crippen LogP contribution in [0.3, 0.4) is 0 Å². The van der Waals surface area contributed by atoms with Crippen molar-refractivity contribution in [2.75, 3.05) is 13.1 Å². The van der Waals surface area contributed by atoms with Gasteiger partial charge < -0.3 is 27.0 Å². The molecule has 7 N–H and O–H groups in total. The number of carbonyl (C=O) groups excluding carboxylic acids is 4. The van der Waals surface area contributed by atoms with Crippen molar-refractivity contribution in [2.45, 2.75) is 82.8 Å². The lowest BCUT2D eigenvalue weighted by molar-refractivity contribution is -0.151. The molecule has 1 aliphatic carbocycles. The summed E-state index contributed by atoms with van der Waals surface area (Å²) in [6, 6.07) is -1.66. The first-order valence-electron chi connectivity index (χ1n) is 11.8. The van der Waals surface area contributed by atoms with Gasteiger partial charge >= 0.3 is 0 Å². The summed E-state index contributed by atoms with van der Waals surface area (Å²) < 4.78 is 0.